The van der Waals surface area contributed by atoms with Crippen LogP contribution in [0.3, 0.4) is 0 Å². The summed E-state index contributed by atoms with van der Waals surface area (Å²) in [6.07, 6.45) is 0. The smallest absolute Gasteiger partial charge is 0.227 e. The van der Waals surface area contributed by atoms with Crippen LogP contribution in [0.4, 0.5) is 0 Å². The number of amides is 1. The van der Waals surface area contributed by atoms with Crippen molar-refractivity contribution >= 4 is 17.7 Å². The van der Waals surface area contributed by atoms with Crippen molar-refractivity contribution in [3.05, 3.63) is 46.8 Å². The predicted octanol–water partition coefficient (Wildman–Crippen LogP) is 3.74. The largest absolute Gasteiger partial charge is 0.352 e. The fourth-order valence-electron chi connectivity index (χ4n) is 2.59. The second-order valence-corrected chi connectivity index (χ2v) is 7.20. The highest BCUT2D eigenvalue weighted by Gasteiger charge is 2.22. The minimum absolute atomic E-state index is 0.0506. The molecule has 0 fully saturated rings. The highest BCUT2D eigenvalue weighted by molar-refractivity contribution is 7.99. The zero-order chi connectivity index (χ0) is 17.0. The van der Waals surface area contributed by atoms with Crippen LogP contribution in [0.5, 0.6) is 0 Å². The van der Waals surface area contributed by atoms with E-state index in [4.69, 9.17) is 0 Å². The molecule has 0 aliphatic heterocycles. The van der Waals surface area contributed by atoms with Gasteiger partial charge in [0.25, 0.3) is 0 Å². The molecule has 1 aromatic carbocycles. The number of hydrogen-bond donors (Lipinski definition) is 2. The van der Waals surface area contributed by atoms with Crippen LogP contribution in [-0.4, -0.2) is 27.9 Å². The first-order valence-electron chi connectivity index (χ1n) is 7.89. The lowest BCUT2D eigenvalue weighted by Gasteiger charge is -2.18. The van der Waals surface area contributed by atoms with Crippen LogP contribution in [0.25, 0.3) is 0 Å². The van der Waals surface area contributed by atoms with E-state index in [0.29, 0.717) is 0 Å². The molecule has 0 saturated carbocycles. The molecule has 0 unspecified atom stereocenters. The van der Waals surface area contributed by atoms with Gasteiger partial charge in [0, 0.05) is 27.9 Å². The first-order chi connectivity index (χ1) is 10.9. The molecule has 2 atom stereocenters. The fraction of sp³-hybridized carbons (Fsp3) is 0.444. The van der Waals surface area contributed by atoms with Crippen molar-refractivity contribution in [2.24, 2.45) is 0 Å². The van der Waals surface area contributed by atoms with Gasteiger partial charge < -0.3 is 5.32 Å². The maximum absolute atomic E-state index is 12.5. The molecule has 0 aliphatic carbocycles. The lowest BCUT2D eigenvalue weighted by molar-refractivity contribution is -0.122. The molecule has 124 valence electrons. The highest BCUT2D eigenvalue weighted by Crippen LogP contribution is 2.22. The van der Waals surface area contributed by atoms with E-state index in [-0.39, 0.29) is 17.9 Å². The van der Waals surface area contributed by atoms with Gasteiger partial charge in [-0.25, -0.2) is 0 Å². The number of benzene rings is 1. The Morgan fingerprint density at radius 3 is 2.43 bits per heavy atom. The van der Waals surface area contributed by atoms with E-state index in [9.17, 15) is 4.79 Å². The van der Waals surface area contributed by atoms with Crippen molar-refractivity contribution in [2.75, 3.05) is 5.75 Å². The van der Waals surface area contributed by atoms with E-state index in [1.165, 1.54) is 10.5 Å². The molecule has 1 amide bonds. The summed E-state index contributed by atoms with van der Waals surface area (Å²) in [5.74, 6) is 0.709. The van der Waals surface area contributed by atoms with Gasteiger partial charge in [-0.1, -0.05) is 17.7 Å². The third-order valence-corrected chi connectivity index (χ3v) is 5.19. The molecule has 0 aliphatic rings. The number of thioether (sulfide) groups is 1. The van der Waals surface area contributed by atoms with Gasteiger partial charge in [0.2, 0.25) is 5.91 Å². The van der Waals surface area contributed by atoms with Gasteiger partial charge in [0.05, 0.1) is 11.6 Å². The van der Waals surface area contributed by atoms with Crippen LogP contribution >= 0.6 is 11.8 Å². The Balaban J connectivity index is 1.88. The Labute approximate surface area is 142 Å². The number of aryl methyl sites for hydroxylation is 3. The number of aromatic amines is 1. The van der Waals surface area contributed by atoms with E-state index in [2.05, 4.69) is 46.7 Å². The first kappa shape index (κ1) is 17.6. The highest BCUT2D eigenvalue weighted by atomic mass is 32.2. The Kier molecular flexibility index (Phi) is 5.88. The molecule has 1 aromatic heterocycles. The number of aromatic nitrogens is 2. The van der Waals surface area contributed by atoms with Crippen LogP contribution in [0.1, 0.15) is 42.3 Å². The molecule has 0 spiro atoms. The van der Waals surface area contributed by atoms with E-state index in [0.717, 1.165) is 22.7 Å². The van der Waals surface area contributed by atoms with Gasteiger partial charge in [-0.05, 0) is 46.8 Å². The lowest BCUT2D eigenvalue weighted by Crippen LogP contribution is -2.37. The van der Waals surface area contributed by atoms with Gasteiger partial charge in [0.15, 0.2) is 0 Å². The quantitative estimate of drug-likeness (QED) is 0.793. The summed E-state index contributed by atoms with van der Waals surface area (Å²) in [4.78, 5) is 13.7. The Bertz CT molecular complexity index is 644. The summed E-state index contributed by atoms with van der Waals surface area (Å²) in [5, 5.41) is 10.2. The van der Waals surface area contributed by atoms with Crippen LogP contribution in [0.2, 0.25) is 0 Å². The molecule has 2 rings (SSSR count). The average Bonchev–Trinajstić information content (AvgIpc) is 2.85. The maximum Gasteiger partial charge on any atom is 0.227 e. The maximum atomic E-state index is 12.5. The van der Waals surface area contributed by atoms with Crippen molar-refractivity contribution < 1.29 is 4.79 Å². The molecule has 0 bridgehead atoms. The number of H-pyrrole nitrogens is 1. The normalized spacial score (nSPS) is 13.6. The molecule has 4 nitrogen and oxygen atoms in total. The summed E-state index contributed by atoms with van der Waals surface area (Å²) in [7, 11) is 0. The van der Waals surface area contributed by atoms with Gasteiger partial charge in [0.1, 0.15) is 0 Å². The summed E-state index contributed by atoms with van der Waals surface area (Å²) in [6, 6.07) is 8.57. The van der Waals surface area contributed by atoms with Crippen LogP contribution in [0, 0.1) is 20.8 Å². The molecule has 23 heavy (non-hydrogen) atoms. The summed E-state index contributed by atoms with van der Waals surface area (Å²) in [5.41, 5.74) is 4.12. The number of hydrogen-bond acceptors (Lipinski definition) is 3. The van der Waals surface area contributed by atoms with Crippen molar-refractivity contribution in [3.8, 4) is 0 Å². The summed E-state index contributed by atoms with van der Waals surface area (Å²) < 4.78 is 0. The number of nitrogens with one attached hydrogen (secondary N) is 2. The van der Waals surface area contributed by atoms with Crippen molar-refractivity contribution in [3.63, 3.8) is 0 Å². The first-order valence-corrected chi connectivity index (χ1v) is 8.88. The number of carbonyl (C=O) groups is 1. The molecule has 5 heteroatoms. The minimum Gasteiger partial charge on any atom is -0.352 e. The number of nitrogens with zero attached hydrogens (tertiary/aromatic N) is 1. The Morgan fingerprint density at radius 1 is 1.22 bits per heavy atom. The van der Waals surface area contributed by atoms with Crippen molar-refractivity contribution in [1.82, 2.24) is 15.5 Å². The average molecular weight is 331 g/mol. The monoisotopic (exact) mass is 331 g/mol. The summed E-state index contributed by atoms with van der Waals surface area (Å²) >= 11 is 1.76. The van der Waals surface area contributed by atoms with Gasteiger partial charge >= 0.3 is 0 Å². The van der Waals surface area contributed by atoms with Crippen molar-refractivity contribution in [2.45, 2.75) is 51.5 Å². The number of rotatable bonds is 6. The van der Waals surface area contributed by atoms with E-state index in [1.807, 2.05) is 27.7 Å². The molecular formula is C18H25N3OS. The topological polar surface area (TPSA) is 57.8 Å². The van der Waals surface area contributed by atoms with Gasteiger partial charge in [-0.3, -0.25) is 9.89 Å². The van der Waals surface area contributed by atoms with E-state index < -0.39 is 0 Å². The Morgan fingerprint density at radius 2 is 1.87 bits per heavy atom. The van der Waals surface area contributed by atoms with Crippen LogP contribution in [0.15, 0.2) is 29.2 Å². The second-order valence-electron chi connectivity index (χ2n) is 6.10. The zero-order valence-corrected chi connectivity index (χ0v) is 15.3. The standard InChI is InChI=1S/C18H25N3OS/c1-11-6-8-16(9-7-11)23-10-12(2)19-18(22)13(3)17-14(4)20-21-15(17)5/h6-9,12-13H,10H2,1-5H3,(H,19,22)(H,20,21)/t12-,13-/m1/s1. The SMILES string of the molecule is Cc1ccc(SC[C@@H](C)NC(=O)[C@H](C)c2c(C)n[nH]c2C)cc1. The minimum atomic E-state index is -0.194. The van der Waals surface area contributed by atoms with Crippen LogP contribution in [-0.2, 0) is 4.79 Å². The third-order valence-electron chi connectivity index (χ3n) is 3.92. The predicted molar refractivity (Wildman–Crippen MR) is 96.0 cm³/mol. The molecular weight excluding hydrogens is 306 g/mol. The van der Waals surface area contributed by atoms with Gasteiger partial charge in [-0.15, -0.1) is 11.8 Å². The van der Waals surface area contributed by atoms with E-state index >= 15 is 0 Å². The molecule has 1 heterocycles. The molecule has 2 N–H and O–H groups in total. The van der Waals surface area contributed by atoms with E-state index in [1.54, 1.807) is 11.8 Å². The third kappa shape index (κ3) is 4.61. The van der Waals surface area contributed by atoms with Gasteiger partial charge in [-0.2, -0.15) is 5.10 Å². The lowest BCUT2D eigenvalue weighted by atomic mass is 9.98. The zero-order valence-electron chi connectivity index (χ0n) is 14.4. The molecule has 0 saturated heterocycles. The number of carbonyl (C=O) groups excluding carboxylic acids is 1. The Hall–Kier alpha value is -1.75. The second kappa shape index (κ2) is 7.68. The fourth-order valence-corrected chi connectivity index (χ4v) is 3.45. The summed E-state index contributed by atoms with van der Waals surface area (Å²) in [6.45, 7) is 9.94. The van der Waals surface area contributed by atoms with Crippen LogP contribution < -0.4 is 5.32 Å². The molecule has 0 radical (unpaired) electrons. The van der Waals surface area contributed by atoms with Crippen molar-refractivity contribution in [1.29, 1.82) is 0 Å². The molecule has 2 aromatic rings.